The molecule has 25 heavy (non-hydrogen) atoms. The molecule has 0 unspecified atom stereocenters. The molecule has 3 rings (SSSR count). The van der Waals surface area contributed by atoms with E-state index in [1.807, 2.05) is 30.3 Å². The van der Waals surface area contributed by atoms with Crippen molar-refractivity contribution in [1.29, 1.82) is 0 Å². The number of carbonyl (C=O) groups is 1. The van der Waals surface area contributed by atoms with E-state index in [0.29, 0.717) is 17.8 Å². The Morgan fingerprint density at radius 3 is 2.36 bits per heavy atom. The number of amides is 1. The fraction of sp³-hybridized carbons (Fsp3) is 0.100. The Labute approximate surface area is 145 Å². The van der Waals surface area contributed by atoms with Crippen molar-refractivity contribution in [3.63, 3.8) is 0 Å². The van der Waals surface area contributed by atoms with Gasteiger partial charge in [-0.25, -0.2) is 4.39 Å². The van der Waals surface area contributed by atoms with Crippen molar-refractivity contribution < 1.29 is 9.18 Å². The Hall–Kier alpha value is -3.21. The highest BCUT2D eigenvalue weighted by molar-refractivity contribution is 5.92. The molecular weight excluding hydrogens is 317 g/mol. The van der Waals surface area contributed by atoms with Gasteiger partial charge in [-0.1, -0.05) is 24.3 Å². The van der Waals surface area contributed by atoms with Crippen LogP contribution in [-0.4, -0.2) is 10.9 Å². The minimum Gasteiger partial charge on any atom is -0.379 e. The quantitative estimate of drug-likeness (QED) is 0.715. The van der Waals surface area contributed by atoms with Gasteiger partial charge in [-0.15, -0.1) is 0 Å². The van der Waals surface area contributed by atoms with E-state index in [2.05, 4.69) is 15.6 Å². The second-order valence-corrected chi connectivity index (χ2v) is 5.57. The summed E-state index contributed by atoms with van der Waals surface area (Å²) in [4.78, 5) is 16.3. The van der Waals surface area contributed by atoms with Crippen LogP contribution in [0.2, 0.25) is 0 Å². The predicted octanol–water partition coefficient (Wildman–Crippen LogP) is 4.01. The molecule has 0 bridgehead atoms. The van der Waals surface area contributed by atoms with Gasteiger partial charge in [0, 0.05) is 17.6 Å². The van der Waals surface area contributed by atoms with E-state index in [-0.39, 0.29) is 18.1 Å². The van der Waals surface area contributed by atoms with Gasteiger partial charge in [-0.3, -0.25) is 9.78 Å². The van der Waals surface area contributed by atoms with Crippen molar-refractivity contribution in [2.24, 2.45) is 0 Å². The smallest absolute Gasteiger partial charge is 0.228 e. The molecule has 3 aromatic rings. The summed E-state index contributed by atoms with van der Waals surface area (Å²) in [7, 11) is 0. The van der Waals surface area contributed by atoms with E-state index in [1.54, 1.807) is 36.5 Å². The van der Waals surface area contributed by atoms with Crippen molar-refractivity contribution in [3.05, 3.63) is 90.0 Å². The highest BCUT2D eigenvalue weighted by Crippen LogP contribution is 2.15. The molecule has 4 nitrogen and oxygen atoms in total. The summed E-state index contributed by atoms with van der Waals surface area (Å²) in [5, 5.41) is 6.04. The standard InChI is InChI=1S/C20H18FN3O/c21-19-7-2-1-5-15(19)13-20(25)24-17-10-8-16(9-11-17)23-14-18-6-3-4-12-22-18/h1-12,23H,13-14H2,(H,24,25). The number of hydrogen-bond donors (Lipinski definition) is 2. The Morgan fingerprint density at radius 1 is 0.920 bits per heavy atom. The van der Waals surface area contributed by atoms with Crippen LogP contribution in [0.5, 0.6) is 0 Å². The van der Waals surface area contributed by atoms with E-state index in [4.69, 9.17) is 0 Å². The Kier molecular flexibility index (Phi) is 5.36. The largest absolute Gasteiger partial charge is 0.379 e. The molecule has 1 aromatic heterocycles. The van der Waals surface area contributed by atoms with E-state index in [0.717, 1.165) is 11.4 Å². The van der Waals surface area contributed by atoms with Gasteiger partial charge in [-0.05, 0) is 48.0 Å². The third-order valence-corrected chi connectivity index (χ3v) is 3.68. The number of anilines is 2. The number of carbonyl (C=O) groups excluding carboxylic acids is 1. The Balaban J connectivity index is 1.53. The molecule has 126 valence electrons. The van der Waals surface area contributed by atoms with Crippen LogP contribution in [0.1, 0.15) is 11.3 Å². The highest BCUT2D eigenvalue weighted by atomic mass is 19.1. The summed E-state index contributed by atoms with van der Waals surface area (Å²) < 4.78 is 13.6. The number of hydrogen-bond acceptors (Lipinski definition) is 3. The minimum absolute atomic E-state index is 0.00630. The number of nitrogens with zero attached hydrogens (tertiary/aromatic N) is 1. The van der Waals surface area contributed by atoms with Crippen LogP contribution in [0.25, 0.3) is 0 Å². The number of aromatic nitrogens is 1. The fourth-order valence-electron chi connectivity index (χ4n) is 2.39. The maximum Gasteiger partial charge on any atom is 0.228 e. The van der Waals surface area contributed by atoms with E-state index in [1.165, 1.54) is 6.07 Å². The number of benzene rings is 2. The zero-order valence-corrected chi connectivity index (χ0v) is 13.6. The highest BCUT2D eigenvalue weighted by Gasteiger charge is 2.08. The summed E-state index contributed by atoms with van der Waals surface area (Å²) in [5.41, 5.74) is 2.93. The molecule has 0 aliphatic carbocycles. The molecule has 1 amide bonds. The average Bonchev–Trinajstić information content (AvgIpc) is 2.64. The second-order valence-electron chi connectivity index (χ2n) is 5.57. The molecule has 0 aliphatic rings. The maximum atomic E-state index is 13.6. The average molecular weight is 335 g/mol. The van der Waals surface area contributed by atoms with Crippen molar-refractivity contribution >= 4 is 17.3 Å². The lowest BCUT2D eigenvalue weighted by atomic mass is 10.1. The van der Waals surface area contributed by atoms with Crippen molar-refractivity contribution in [1.82, 2.24) is 4.98 Å². The Morgan fingerprint density at radius 2 is 1.64 bits per heavy atom. The van der Waals surface area contributed by atoms with Crippen LogP contribution in [-0.2, 0) is 17.8 Å². The summed E-state index contributed by atoms with van der Waals surface area (Å²) >= 11 is 0. The third kappa shape index (κ3) is 4.88. The molecular formula is C20H18FN3O. The van der Waals surface area contributed by atoms with Crippen LogP contribution in [0.4, 0.5) is 15.8 Å². The lowest BCUT2D eigenvalue weighted by Crippen LogP contribution is -2.15. The molecule has 2 aromatic carbocycles. The number of nitrogens with one attached hydrogen (secondary N) is 2. The van der Waals surface area contributed by atoms with Crippen LogP contribution < -0.4 is 10.6 Å². The fourth-order valence-corrected chi connectivity index (χ4v) is 2.39. The summed E-state index contributed by atoms with van der Waals surface area (Å²) in [6.07, 6.45) is 1.76. The summed E-state index contributed by atoms with van der Waals surface area (Å²) in [6.45, 7) is 0.625. The monoisotopic (exact) mass is 335 g/mol. The van der Waals surface area contributed by atoms with Crippen LogP contribution in [0.3, 0.4) is 0 Å². The normalized spacial score (nSPS) is 10.3. The first-order valence-corrected chi connectivity index (χ1v) is 7.98. The van der Waals surface area contributed by atoms with Gasteiger partial charge in [-0.2, -0.15) is 0 Å². The number of pyridine rings is 1. The van der Waals surface area contributed by atoms with Crippen LogP contribution >= 0.6 is 0 Å². The first-order chi connectivity index (χ1) is 12.2. The van der Waals surface area contributed by atoms with E-state index < -0.39 is 0 Å². The molecule has 0 saturated carbocycles. The molecule has 0 radical (unpaired) electrons. The van der Waals surface area contributed by atoms with Gasteiger partial charge in [0.25, 0.3) is 0 Å². The summed E-state index contributed by atoms with van der Waals surface area (Å²) in [5.74, 6) is -0.619. The third-order valence-electron chi connectivity index (χ3n) is 3.68. The first-order valence-electron chi connectivity index (χ1n) is 7.98. The molecule has 0 atom stereocenters. The molecule has 0 spiro atoms. The molecule has 0 saturated heterocycles. The van der Waals surface area contributed by atoms with Gasteiger partial charge in [0.15, 0.2) is 0 Å². The van der Waals surface area contributed by atoms with Gasteiger partial charge in [0.1, 0.15) is 5.82 Å². The molecule has 2 N–H and O–H groups in total. The Bertz CT molecular complexity index is 835. The SMILES string of the molecule is O=C(Cc1ccccc1F)Nc1ccc(NCc2ccccn2)cc1. The van der Waals surface area contributed by atoms with Crippen molar-refractivity contribution in [2.75, 3.05) is 10.6 Å². The topological polar surface area (TPSA) is 54.0 Å². The van der Waals surface area contributed by atoms with E-state index >= 15 is 0 Å². The maximum absolute atomic E-state index is 13.6. The molecule has 5 heteroatoms. The van der Waals surface area contributed by atoms with Gasteiger partial charge < -0.3 is 10.6 Å². The zero-order valence-electron chi connectivity index (χ0n) is 13.6. The zero-order chi connectivity index (χ0) is 17.5. The predicted molar refractivity (Wildman–Crippen MR) is 96.7 cm³/mol. The van der Waals surface area contributed by atoms with Crippen LogP contribution in [0, 0.1) is 5.82 Å². The lowest BCUT2D eigenvalue weighted by Gasteiger charge is -2.09. The van der Waals surface area contributed by atoms with Crippen molar-refractivity contribution in [2.45, 2.75) is 13.0 Å². The number of halogens is 1. The van der Waals surface area contributed by atoms with E-state index in [9.17, 15) is 9.18 Å². The molecule has 0 aliphatic heterocycles. The minimum atomic E-state index is -0.369. The van der Waals surface area contributed by atoms with Gasteiger partial charge >= 0.3 is 0 Å². The number of rotatable bonds is 6. The molecule has 1 heterocycles. The van der Waals surface area contributed by atoms with Crippen LogP contribution in [0.15, 0.2) is 72.9 Å². The van der Waals surface area contributed by atoms with Crippen molar-refractivity contribution in [3.8, 4) is 0 Å². The second kappa shape index (κ2) is 8.06. The lowest BCUT2D eigenvalue weighted by molar-refractivity contribution is -0.115. The first kappa shape index (κ1) is 16.6. The molecule has 0 fully saturated rings. The van der Waals surface area contributed by atoms with Gasteiger partial charge in [0.05, 0.1) is 18.7 Å². The van der Waals surface area contributed by atoms with Gasteiger partial charge in [0.2, 0.25) is 5.91 Å². The summed E-state index contributed by atoms with van der Waals surface area (Å²) in [6, 6.07) is 19.4.